The maximum Gasteiger partial charge on any atom is 0.337 e. The first kappa shape index (κ1) is 12.2. The van der Waals surface area contributed by atoms with Crippen molar-refractivity contribution in [2.45, 2.75) is 27.7 Å². The smallest absolute Gasteiger partial charge is 0.337 e. The second kappa shape index (κ2) is 4.74. The van der Waals surface area contributed by atoms with Crippen molar-refractivity contribution >= 4 is 11.1 Å². The van der Waals surface area contributed by atoms with Crippen molar-refractivity contribution in [3.63, 3.8) is 0 Å². The van der Waals surface area contributed by atoms with Crippen molar-refractivity contribution in [3.8, 4) is 0 Å². The number of aryl methyl sites for hydroxylation is 2. The lowest BCUT2D eigenvalue weighted by molar-refractivity contribution is 0.545. The Balaban J connectivity index is 0.000000606. The van der Waals surface area contributed by atoms with Crippen molar-refractivity contribution in [2.24, 2.45) is 0 Å². The van der Waals surface area contributed by atoms with Crippen LogP contribution in [0.4, 0.5) is 0 Å². The van der Waals surface area contributed by atoms with Gasteiger partial charge in [0.1, 0.15) is 11.2 Å². The second-order valence-corrected chi connectivity index (χ2v) is 3.08. The predicted molar refractivity (Wildman–Crippen MR) is 61.7 cm³/mol. The number of hydrogen-bond donors (Lipinski definition) is 1. The van der Waals surface area contributed by atoms with Gasteiger partial charge in [-0.3, -0.25) is 4.79 Å². The summed E-state index contributed by atoms with van der Waals surface area (Å²) in [4.78, 5) is 29.0. The summed E-state index contributed by atoms with van der Waals surface area (Å²) in [7, 11) is 0. The summed E-state index contributed by atoms with van der Waals surface area (Å²) in [5.41, 5.74) is -0.109. The molecule has 0 amide bonds. The number of nitrogens with zero attached hydrogens (tertiary/aromatic N) is 1. The Hall–Kier alpha value is -1.91. The molecule has 0 saturated heterocycles. The molecule has 2 aromatic rings. The highest BCUT2D eigenvalue weighted by atomic mass is 16.4. The van der Waals surface area contributed by atoms with Crippen LogP contribution in [0.3, 0.4) is 0 Å². The molecule has 2 heterocycles. The van der Waals surface area contributed by atoms with Crippen molar-refractivity contribution in [2.75, 3.05) is 0 Å². The fourth-order valence-electron chi connectivity index (χ4n) is 1.36. The van der Waals surface area contributed by atoms with E-state index in [2.05, 4.69) is 9.97 Å². The fraction of sp³-hybridized carbons (Fsp3) is 0.364. The van der Waals surface area contributed by atoms with Crippen LogP contribution >= 0.6 is 0 Å². The molecule has 0 radical (unpaired) electrons. The van der Waals surface area contributed by atoms with Gasteiger partial charge in [-0.05, 0) is 19.4 Å². The molecule has 5 heteroatoms. The van der Waals surface area contributed by atoms with E-state index in [9.17, 15) is 9.59 Å². The van der Waals surface area contributed by atoms with Crippen molar-refractivity contribution in [1.82, 2.24) is 9.97 Å². The molecule has 0 aliphatic rings. The van der Waals surface area contributed by atoms with Crippen LogP contribution in [-0.4, -0.2) is 9.97 Å². The average Bonchev–Trinajstić information content (AvgIpc) is 2.18. The van der Waals surface area contributed by atoms with Gasteiger partial charge in [0.15, 0.2) is 0 Å². The van der Waals surface area contributed by atoms with E-state index in [-0.39, 0.29) is 11.3 Å². The number of rotatable bonds is 0. The molecule has 0 bridgehead atoms. The topological polar surface area (TPSA) is 76.0 Å². The monoisotopic (exact) mass is 222 g/mol. The second-order valence-electron chi connectivity index (χ2n) is 3.08. The third-order valence-corrected chi connectivity index (χ3v) is 1.93. The number of aromatic amines is 1. The quantitative estimate of drug-likeness (QED) is 0.733. The van der Waals surface area contributed by atoms with Gasteiger partial charge >= 0.3 is 5.63 Å². The van der Waals surface area contributed by atoms with E-state index in [0.29, 0.717) is 16.8 Å². The van der Waals surface area contributed by atoms with Gasteiger partial charge in [0.2, 0.25) is 5.71 Å². The maximum absolute atomic E-state index is 11.5. The molecule has 86 valence electrons. The Morgan fingerprint density at radius 3 is 2.50 bits per heavy atom. The molecule has 0 atom stereocenters. The van der Waals surface area contributed by atoms with E-state index in [1.165, 1.54) is 6.07 Å². The van der Waals surface area contributed by atoms with Crippen LogP contribution in [0.5, 0.6) is 0 Å². The number of nitrogens with one attached hydrogen (secondary N) is 1. The van der Waals surface area contributed by atoms with Gasteiger partial charge in [0.05, 0.1) is 0 Å². The van der Waals surface area contributed by atoms with Gasteiger partial charge < -0.3 is 9.40 Å². The first-order chi connectivity index (χ1) is 7.58. The van der Waals surface area contributed by atoms with E-state index in [4.69, 9.17) is 4.42 Å². The highest BCUT2D eigenvalue weighted by Crippen LogP contribution is 2.08. The Kier molecular flexibility index (Phi) is 3.60. The average molecular weight is 222 g/mol. The minimum absolute atomic E-state index is 0.0938. The number of H-pyrrole nitrogens is 1. The van der Waals surface area contributed by atoms with Gasteiger partial charge in [0, 0.05) is 6.07 Å². The molecule has 0 saturated carbocycles. The lowest BCUT2D eigenvalue weighted by Crippen LogP contribution is -2.13. The van der Waals surface area contributed by atoms with E-state index in [1.54, 1.807) is 13.8 Å². The van der Waals surface area contributed by atoms with Gasteiger partial charge in [-0.15, -0.1) is 0 Å². The lowest BCUT2D eigenvalue weighted by atomic mass is 10.2. The summed E-state index contributed by atoms with van der Waals surface area (Å²) in [5, 5.41) is 0.329. The lowest BCUT2D eigenvalue weighted by Gasteiger charge is -1.98. The van der Waals surface area contributed by atoms with Gasteiger partial charge in [-0.2, -0.15) is 4.98 Å². The number of aromatic nitrogens is 2. The molecule has 5 nitrogen and oxygen atoms in total. The normalized spacial score (nSPS) is 9.75. The Bertz CT molecular complexity index is 611. The third-order valence-electron chi connectivity index (χ3n) is 1.93. The fourth-order valence-corrected chi connectivity index (χ4v) is 1.36. The summed E-state index contributed by atoms with van der Waals surface area (Å²) in [5.74, 6) is 0.427. The first-order valence-corrected chi connectivity index (χ1v) is 5.09. The van der Waals surface area contributed by atoms with Crippen molar-refractivity contribution in [1.29, 1.82) is 0 Å². The van der Waals surface area contributed by atoms with Gasteiger partial charge in [0.25, 0.3) is 5.56 Å². The molecule has 0 spiro atoms. The summed E-state index contributed by atoms with van der Waals surface area (Å²) in [6.07, 6.45) is 0. The minimum atomic E-state index is -0.493. The molecule has 0 aliphatic heterocycles. The summed E-state index contributed by atoms with van der Waals surface area (Å²) >= 11 is 0. The van der Waals surface area contributed by atoms with Crippen LogP contribution in [0.1, 0.15) is 25.2 Å². The first-order valence-electron chi connectivity index (χ1n) is 5.09. The Morgan fingerprint density at radius 2 is 1.88 bits per heavy atom. The zero-order chi connectivity index (χ0) is 12.3. The van der Waals surface area contributed by atoms with Gasteiger partial charge in [-0.25, -0.2) is 4.79 Å². The van der Waals surface area contributed by atoms with Crippen LogP contribution in [0, 0.1) is 13.8 Å². The van der Waals surface area contributed by atoms with E-state index >= 15 is 0 Å². The minimum Gasteiger partial charge on any atom is -0.403 e. The standard InChI is InChI=1S/C9H8N2O3.C2H6/c1-4-3-6(12)14-9-7(4)8(13)10-5(2)11-9;1-2/h3H,1-2H3,(H,10,11,13);1-2H3. The zero-order valence-electron chi connectivity index (χ0n) is 9.75. The SMILES string of the molecule is CC.Cc1nc2oc(=O)cc(C)c2c(=O)[nH]1. The largest absolute Gasteiger partial charge is 0.403 e. The van der Waals surface area contributed by atoms with E-state index < -0.39 is 5.63 Å². The maximum atomic E-state index is 11.5. The van der Waals surface area contributed by atoms with E-state index in [1.807, 2.05) is 13.8 Å². The molecule has 0 aliphatic carbocycles. The van der Waals surface area contributed by atoms with Crippen LogP contribution in [0.15, 0.2) is 20.1 Å². The molecule has 0 aromatic carbocycles. The number of fused-ring (bicyclic) bond motifs is 1. The van der Waals surface area contributed by atoms with Crippen molar-refractivity contribution in [3.05, 3.63) is 38.2 Å². The van der Waals surface area contributed by atoms with Gasteiger partial charge in [-0.1, -0.05) is 13.8 Å². The van der Waals surface area contributed by atoms with E-state index in [0.717, 1.165) is 0 Å². The highest BCUT2D eigenvalue weighted by molar-refractivity contribution is 5.74. The molecule has 0 fully saturated rings. The molecule has 0 unspecified atom stereocenters. The van der Waals surface area contributed by atoms with Crippen LogP contribution < -0.4 is 11.2 Å². The molecule has 1 N–H and O–H groups in total. The summed E-state index contributed by atoms with van der Waals surface area (Å²) in [6, 6.07) is 1.27. The Labute approximate surface area is 92.1 Å². The summed E-state index contributed by atoms with van der Waals surface area (Å²) in [6.45, 7) is 7.30. The van der Waals surface area contributed by atoms with Crippen LogP contribution in [0.25, 0.3) is 11.1 Å². The van der Waals surface area contributed by atoms with Crippen molar-refractivity contribution < 1.29 is 4.42 Å². The molecule has 2 aromatic heterocycles. The number of hydrogen-bond acceptors (Lipinski definition) is 4. The molecular weight excluding hydrogens is 208 g/mol. The molecular formula is C11H14N2O3. The molecule has 2 rings (SSSR count). The summed E-state index contributed by atoms with van der Waals surface area (Å²) < 4.78 is 4.82. The zero-order valence-corrected chi connectivity index (χ0v) is 9.75. The third kappa shape index (κ3) is 2.18. The van der Waals surface area contributed by atoms with Crippen LogP contribution in [0.2, 0.25) is 0 Å². The predicted octanol–water partition coefficient (Wildman–Crippen LogP) is 1.52. The highest BCUT2D eigenvalue weighted by Gasteiger charge is 2.07. The van der Waals surface area contributed by atoms with Crippen LogP contribution in [-0.2, 0) is 0 Å². The Morgan fingerprint density at radius 1 is 1.25 bits per heavy atom. The molecule has 16 heavy (non-hydrogen) atoms.